The van der Waals surface area contributed by atoms with Gasteiger partial charge in [0, 0.05) is 24.3 Å². The van der Waals surface area contributed by atoms with Crippen molar-refractivity contribution < 1.29 is 22.7 Å². The number of rotatable bonds is 6. The third-order valence-electron chi connectivity index (χ3n) is 4.93. The molecule has 0 aromatic heterocycles. The fourth-order valence-electron chi connectivity index (χ4n) is 3.22. The molecular formula is C21H24N2O5S. The van der Waals surface area contributed by atoms with E-state index >= 15 is 0 Å². The molecule has 0 unspecified atom stereocenters. The number of methoxy groups -OCH3 is 1. The molecule has 1 saturated heterocycles. The van der Waals surface area contributed by atoms with E-state index in [1.54, 1.807) is 42.5 Å². The van der Waals surface area contributed by atoms with Crippen LogP contribution in [0.3, 0.4) is 0 Å². The number of amides is 1. The van der Waals surface area contributed by atoms with Gasteiger partial charge in [0.05, 0.1) is 18.4 Å². The van der Waals surface area contributed by atoms with Gasteiger partial charge in [0.25, 0.3) is 5.91 Å². The average Bonchev–Trinajstić information content (AvgIpc) is 3.25. The molecule has 1 aliphatic heterocycles. The lowest BCUT2D eigenvalue weighted by Gasteiger charge is -2.15. The van der Waals surface area contributed by atoms with Crippen LogP contribution in [0, 0.1) is 6.92 Å². The van der Waals surface area contributed by atoms with Crippen molar-refractivity contribution in [3.05, 3.63) is 64.7 Å². The predicted octanol–water partition coefficient (Wildman–Crippen LogP) is 2.96. The molecule has 29 heavy (non-hydrogen) atoms. The highest BCUT2D eigenvalue weighted by molar-refractivity contribution is 7.88. The van der Waals surface area contributed by atoms with Crippen molar-refractivity contribution in [1.29, 1.82) is 0 Å². The van der Waals surface area contributed by atoms with Crippen LogP contribution in [-0.2, 0) is 20.5 Å². The summed E-state index contributed by atoms with van der Waals surface area (Å²) in [6.45, 7) is 2.97. The number of carbonyl (C=O) groups excluding carboxylic acids is 2. The Labute approximate surface area is 170 Å². The molecule has 7 nitrogen and oxygen atoms in total. The Morgan fingerprint density at radius 1 is 1.03 bits per heavy atom. The molecule has 1 aliphatic rings. The third-order valence-corrected chi connectivity index (χ3v) is 6.78. The molecule has 3 rings (SSSR count). The third kappa shape index (κ3) is 5.02. The van der Waals surface area contributed by atoms with Gasteiger partial charge in [0.1, 0.15) is 0 Å². The molecule has 1 heterocycles. The van der Waals surface area contributed by atoms with Gasteiger partial charge in [-0.25, -0.2) is 17.5 Å². The van der Waals surface area contributed by atoms with Crippen LogP contribution in [0.4, 0.5) is 5.69 Å². The van der Waals surface area contributed by atoms with Crippen LogP contribution in [-0.4, -0.2) is 44.8 Å². The smallest absolute Gasteiger partial charge is 0.337 e. The molecule has 2 aromatic rings. The summed E-state index contributed by atoms with van der Waals surface area (Å²) >= 11 is 0. The van der Waals surface area contributed by atoms with Crippen LogP contribution in [0.2, 0.25) is 0 Å². The minimum atomic E-state index is -3.33. The van der Waals surface area contributed by atoms with Gasteiger partial charge in [0.15, 0.2) is 0 Å². The van der Waals surface area contributed by atoms with Gasteiger partial charge in [-0.15, -0.1) is 0 Å². The lowest BCUT2D eigenvalue weighted by molar-refractivity contribution is 0.0600. The molecule has 8 heteroatoms. The standard InChI is InChI=1S/C21H24N2O5S/c1-15-5-8-18(21(25)28-2)13-19(15)22-20(24)17-9-6-16(7-10-17)14-29(26,27)23-11-3-4-12-23/h5-10,13H,3-4,11-12,14H2,1-2H3,(H,22,24). The summed E-state index contributed by atoms with van der Waals surface area (Å²) in [5.74, 6) is -0.900. The van der Waals surface area contributed by atoms with Crippen LogP contribution in [0.15, 0.2) is 42.5 Å². The first kappa shape index (κ1) is 21.0. The number of nitrogens with zero attached hydrogens (tertiary/aromatic N) is 1. The zero-order chi connectivity index (χ0) is 21.0. The van der Waals surface area contributed by atoms with Crippen molar-refractivity contribution >= 4 is 27.6 Å². The molecule has 0 saturated carbocycles. The van der Waals surface area contributed by atoms with Crippen LogP contribution in [0.5, 0.6) is 0 Å². The van der Waals surface area contributed by atoms with Crippen LogP contribution >= 0.6 is 0 Å². The second kappa shape index (κ2) is 8.75. The lowest BCUT2D eigenvalue weighted by atomic mass is 10.1. The number of sulfonamides is 1. The number of nitrogens with one attached hydrogen (secondary N) is 1. The number of hydrogen-bond acceptors (Lipinski definition) is 5. The van der Waals surface area contributed by atoms with E-state index in [0.29, 0.717) is 35.5 Å². The number of benzene rings is 2. The first-order valence-corrected chi connectivity index (χ1v) is 11.0. The quantitative estimate of drug-likeness (QED) is 0.731. The summed E-state index contributed by atoms with van der Waals surface area (Å²) in [7, 11) is -2.03. The largest absolute Gasteiger partial charge is 0.465 e. The molecule has 0 atom stereocenters. The fraction of sp³-hybridized carbons (Fsp3) is 0.333. The molecule has 0 spiro atoms. The molecule has 154 valence electrons. The number of anilines is 1. The molecule has 0 aliphatic carbocycles. The number of hydrogen-bond donors (Lipinski definition) is 1. The summed E-state index contributed by atoms with van der Waals surface area (Å²) < 4.78 is 31.1. The maximum Gasteiger partial charge on any atom is 0.337 e. The van der Waals surface area contributed by atoms with Crippen molar-refractivity contribution in [2.75, 3.05) is 25.5 Å². The first-order valence-electron chi connectivity index (χ1n) is 9.37. The molecular weight excluding hydrogens is 392 g/mol. The van der Waals surface area contributed by atoms with E-state index < -0.39 is 16.0 Å². The van der Waals surface area contributed by atoms with E-state index in [2.05, 4.69) is 5.32 Å². The van der Waals surface area contributed by atoms with E-state index in [9.17, 15) is 18.0 Å². The van der Waals surface area contributed by atoms with Crippen molar-refractivity contribution in [2.45, 2.75) is 25.5 Å². The molecule has 0 bridgehead atoms. The molecule has 1 amide bonds. The Morgan fingerprint density at radius 2 is 1.66 bits per heavy atom. The number of carbonyl (C=O) groups is 2. The van der Waals surface area contributed by atoms with Gasteiger partial charge < -0.3 is 10.1 Å². The summed E-state index contributed by atoms with van der Waals surface area (Å²) in [4.78, 5) is 24.3. The molecule has 2 aromatic carbocycles. The van der Waals surface area contributed by atoms with Gasteiger partial charge in [0.2, 0.25) is 10.0 Å². The Kier molecular flexibility index (Phi) is 6.34. The van der Waals surface area contributed by atoms with E-state index in [1.165, 1.54) is 11.4 Å². The minimum Gasteiger partial charge on any atom is -0.465 e. The summed E-state index contributed by atoms with van der Waals surface area (Å²) in [6.07, 6.45) is 1.80. The summed E-state index contributed by atoms with van der Waals surface area (Å²) in [6, 6.07) is 11.4. The minimum absolute atomic E-state index is 0.0742. The van der Waals surface area contributed by atoms with Gasteiger partial charge in [-0.2, -0.15) is 0 Å². The second-order valence-corrected chi connectivity index (χ2v) is 9.00. The van der Waals surface area contributed by atoms with E-state index in [-0.39, 0.29) is 11.7 Å². The first-order chi connectivity index (χ1) is 13.8. The van der Waals surface area contributed by atoms with Crippen molar-refractivity contribution in [3.8, 4) is 0 Å². The van der Waals surface area contributed by atoms with E-state index in [0.717, 1.165) is 18.4 Å². The molecule has 1 fully saturated rings. The van der Waals surface area contributed by atoms with Crippen LogP contribution < -0.4 is 5.32 Å². The predicted molar refractivity (Wildman–Crippen MR) is 110 cm³/mol. The van der Waals surface area contributed by atoms with Crippen molar-refractivity contribution in [1.82, 2.24) is 4.31 Å². The Morgan fingerprint density at radius 3 is 2.28 bits per heavy atom. The Hall–Kier alpha value is -2.71. The highest BCUT2D eigenvalue weighted by Crippen LogP contribution is 2.20. The van der Waals surface area contributed by atoms with E-state index in [4.69, 9.17) is 4.74 Å². The number of aryl methyl sites for hydroxylation is 1. The van der Waals surface area contributed by atoms with Crippen LogP contribution in [0.25, 0.3) is 0 Å². The highest BCUT2D eigenvalue weighted by atomic mass is 32.2. The zero-order valence-corrected chi connectivity index (χ0v) is 17.3. The maximum absolute atomic E-state index is 12.6. The zero-order valence-electron chi connectivity index (χ0n) is 16.5. The molecule has 0 radical (unpaired) electrons. The van der Waals surface area contributed by atoms with Gasteiger partial charge in [-0.05, 0) is 55.2 Å². The maximum atomic E-state index is 12.6. The van der Waals surface area contributed by atoms with Crippen LogP contribution in [0.1, 0.15) is 44.7 Å². The normalized spacial score (nSPS) is 14.6. The second-order valence-electron chi connectivity index (χ2n) is 7.03. The molecule has 1 N–H and O–H groups in total. The fourth-order valence-corrected chi connectivity index (χ4v) is 4.83. The van der Waals surface area contributed by atoms with Crippen molar-refractivity contribution in [2.24, 2.45) is 0 Å². The van der Waals surface area contributed by atoms with Crippen molar-refractivity contribution in [3.63, 3.8) is 0 Å². The Balaban J connectivity index is 1.70. The lowest BCUT2D eigenvalue weighted by Crippen LogP contribution is -2.29. The van der Waals surface area contributed by atoms with E-state index in [1.807, 2.05) is 6.92 Å². The van der Waals surface area contributed by atoms with Gasteiger partial charge >= 0.3 is 5.97 Å². The average molecular weight is 416 g/mol. The Bertz CT molecular complexity index is 1010. The monoisotopic (exact) mass is 416 g/mol. The van der Waals surface area contributed by atoms with Gasteiger partial charge in [-0.1, -0.05) is 18.2 Å². The summed E-state index contributed by atoms with van der Waals surface area (Å²) in [5, 5.41) is 2.79. The SMILES string of the molecule is COC(=O)c1ccc(C)c(NC(=O)c2ccc(CS(=O)(=O)N3CCCC3)cc2)c1. The summed E-state index contributed by atoms with van der Waals surface area (Å²) in [5.41, 5.74) is 2.70. The van der Waals surface area contributed by atoms with Gasteiger partial charge in [-0.3, -0.25) is 4.79 Å². The number of ether oxygens (including phenoxy) is 1. The number of esters is 1. The topological polar surface area (TPSA) is 92.8 Å². The highest BCUT2D eigenvalue weighted by Gasteiger charge is 2.25.